The van der Waals surface area contributed by atoms with E-state index in [1.807, 2.05) is 78.6 Å². The van der Waals surface area contributed by atoms with Gasteiger partial charge in [-0.3, -0.25) is 4.79 Å². The van der Waals surface area contributed by atoms with Gasteiger partial charge in [-0.15, -0.1) is 0 Å². The molecule has 3 heteroatoms. The minimum absolute atomic E-state index is 0.125. The van der Waals surface area contributed by atoms with Gasteiger partial charge in [0.2, 0.25) is 5.91 Å². The average molecular weight is 307 g/mol. The molecule has 0 N–H and O–H groups in total. The Morgan fingerprint density at radius 2 is 1.65 bits per heavy atom. The van der Waals surface area contributed by atoms with E-state index in [0.717, 1.165) is 16.8 Å². The fraction of sp³-hybridized carbons (Fsp3) is 0.250. The first-order valence-electron chi connectivity index (χ1n) is 7.94. The van der Waals surface area contributed by atoms with Crippen LogP contribution in [0.2, 0.25) is 0 Å². The molecule has 1 saturated heterocycles. The molecule has 0 radical (unpaired) electrons. The van der Waals surface area contributed by atoms with Crippen LogP contribution in [-0.4, -0.2) is 16.9 Å². The summed E-state index contributed by atoms with van der Waals surface area (Å²) in [6, 6.07) is 20.1. The van der Waals surface area contributed by atoms with Gasteiger partial charge < -0.3 is 9.64 Å². The van der Waals surface area contributed by atoms with E-state index in [9.17, 15) is 4.79 Å². The Balaban J connectivity index is 1.68. The molecule has 1 aliphatic heterocycles. The number of carbonyl (C=O) groups excluding carboxylic acids is 1. The van der Waals surface area contributed by atoms with Gasteiger partial charge in [0.25, 0.3) is 0 Å². The Morgan fingerprint density at radius 1 is 1.04 bits per heavy atom. The largest absolute Gasteiger partial charge is 0.367 e. The summed E-state index contributed by atoms with van der Waals surface area (Å²) in [5, 5.41) is 0. The van der Waals surface area contributed by atoms with E-state index >= 15 is 0 Å². The van der Waals surface area contributed by atoms with Gasteiger partial charge in [-0.2, -0.15) is 0 Å². The molecule has 3 rings (SSSR count). The summed E-state index contributed by atoms with van der Waals surface area (Å²) in [5.74, 6) is 0.125. The van der Waals surface area contributed by atoms with Gasteiger partial charge >= 0.3 is 0 Å². The molecule has 2 aromatic carbocycles. The molecule has 1 heterocycles. The molecular weight excluding hydrogens is 286 g/mol. The van der Waals surface area contributed by atoms with Crippen molar-refractivity contribution >= 4 is 5.91 Å². The number of hydrogen-bond acceptors (Lipinski definition) is 2. The number of rotatable bonds is 5. The molecule has 0 unspecified atom stereocenters. The highest BCUT2D eigenvalue weighted by Crippen LogP contribution is 2.28. The van der Waals surface area contributed by atoms with Crippen LogP contribution in [0, 0.1) is 0 Å². The fourth-order valence-corrected chi connectivity index (χ4v) is 2.89. The lowest BCUT2D eigenvalue weighted by atomic mass is 10.2. The van der Waals surface area contributed by atoms with Crippen molar-refractivity contribution in [2.75, 3.05) is 0 Å². The highest BCUT2D eigenvalue weighted by atomic mass is 16.5. The van der Waals surface area contributed by atoms with Gasteiger partial charge in [0.05, 0.1) is 19.6 Å². The standard InChI is InChI=1S/C20H21NO2/c1-2-18-19(23-15-17-11-7-4-8-12-17)13-20(22)21(18)14-16-9-5-3-6-10-16/h2-12,19H,13-15H2,1H3/b18-2+/t19-/m0/s1. The van der Waals surface area contributed by atoms with Crippen molar-refractivity contribution < 1.29 is 9.53 Å². The zero-order valence-electron chi connectivity index (χ0n) is 13.3. The first-order chi connectivity index (χ1) is 11.3. The number of benzene rings is 2. The molecule has 0 saturated carbocycles. The van der Waals surface area contributed by atoms with E-state index in [0.29, 0.717) is 19.6 Å². The maximum atomic E-state index is 12.4. The molecule has 2 aromatic rings. The highest BCUT2D eigenvalue weighted by Gasteiger charge is 2.35. The molecule has 23 heavy (non-hydrogen) atoms. The van der Waals surface area contributed by atoms with Crippen LogP contribution in [0.3, 0.4) is 0 Å². The van der Waals surface area contributed by atoms with Crippen LogP contribution >= 0.6 is 0 Å². The minimum Gasteiger partial charge on any atom is -0.367 e. The van der Waals surface area contributed by atoms with E-state index in [1.165, 1.54) is 0 Å². The summed E-state index contributed by atoms with van der Waals surface area (Å²) in [7, 11) is 0. The Morgan fingerprint density at radius 3 is 2.26 bits per heavy atom. The monoisotopic (exact) mass is 307 g/mol. The zero-order valence-corrected chi connectivity index (χ0v) is 13.3. The summed E-state index contributed by atoms with van der Waals surface area (Å²) in [6.45, 7) is 3.09. The summed E-state index contributed by atoms with van der Waals surface area (Å²) < 4.78 is 6.00. The predicted octanol–water partition coefficient (Wildman–Crippen LogP) is 3.91. The third-order valence-electron chi connectivity index (χ3n) is 4.08. The summed E-state index contributed by atoms with van der Waals surface area (Å²) in [5.41, 5.74) is 3.22. The normalized spacial score (nSPS) is 19.5. The van der Waals surface area contributed by atoms with Gasteiger partial charge in [-0.1, -0.05) is 66.7 Å². The Kier molecular flexibility index (Phi) is 4.89. The number of hydrogen-bond donors (Lipinski definition) is 0. The lowest BCUT2D eigenvalue weighted by molar-refractivity contribution is -0.127. The third kappa shape index (κ3) is 3.69. The highest BCUT2D eigenvalue weighted by molar-refractivity contribution is 5.82. The molecule has 0 aliphatic carbocycles. The fourth-order valence-electron chi connectivity index (χ4n) is 2.89. The maximum Gasteiger partial charge on any atom is 0.230 e. The van der Waals surface area contributed by atoms with Crippen LogP contribution in [0.25, 0.3) is 0 Å². The first kappa shape index (κ1) is 15.5. The van der Waals surface area contributed by atoms with Crippen LogP contribution < -0.4 is 0 Å². The van der Waals surface area contributed by atoms with Crippen LogP contribution in [0.1, 0.15) is 24.5 Å². The van der Waals surface area contributed by atoms with Crippen molar-refractivity contribution in [3.63, 3.8) is 0 Å². The maximum absolute atomic E-state index is 12.4. The predicted molar refractivity (Wildman–Crippen MR) is 90.4 cm³/mol. The second kappa shape index (κ2) is 7.25. The van der Waals surface area contributed by atoms with Crippen molar-refractivity contribution in [1.82, 2.24) is 4.90 Å². The topological polar surface area (TPSA) is 29.5 Å². The lowest BCUT2D eigenvalue weighted by Gasteiger charge is -2.20. The molecule has 3 nitrogen and oxygen atoms in total. The van der Waals surface area contributed by atoms with E-state index in [-0.39, 0.29) is 12.0 Å². The van der Waals surface area contributed by atoms with Crippen LogP contribution in [-0.2, 0) is 22.7 Å². The Labute approximate surface area is 137 Å². The van der Waals surface area contributed by atoms with Crippen molar-refractivity contribution in [1.29, 1.82) is 0 Å². The van der Waals surface area contributed by atoms with Gasteiger partial charge in [0, 0.05) is 5.70 Å². The minimum atomic E-state index is -0.156. The lowest BCUT2D eigenvalue weighted by Crippen LogP contribution is -2.24. The summed E-state index contributed by atoms with van der Waals surface area (Å²) in [6.07, 6.45) is 2.25. The van der Waals surface area contributed by atoms with Crippen LogP contribution in [0.15, 0.2) is 72.4 Å². The van der Waals surface area contributed by atoms with Crippen molar-refractivity contribution in [2.45, 2.75) is 32.6 Å². The van der Waals surface area contributed by atoms with Crippen molar-refractivity contribution in [3.05, 3.63) is 83.6 Å². The third-order valence-corrected chi connectivity index (χ3v) is 4.08. The number of allylic oxidation sites excluding steroid dienone is 1. The molecule has 1 amide bonds. The molecule has 0 bridgehead atoms. The number of nitrogens with zero attached hydrogens (tertiary/aromatic N) is 1. The van der Waals surface area contributed by atoms with Gasteiger partial charge in [0.15, 0.2) is 0 Å². The molecule has 118 valence electrons. The zero-order chi connectivity index (χ0) is 16.1. The van der Waals surface area contributed by atoms with E-state index in [2.05, 4.69) is 0 Å². The Bertz CT molecular complexity index is 679. The van der Waals surface area contributed by atoms with Crippen molar-refractivity contribution in [3.8, 4) is 0 Å². The van der Waals surface area contributed by atoms with Gasteiger partial charge in [0.1, 0.15) is 6.10 Å². The smallest absolute Gasteiger partial charge is 0.230 e. The number of amides is 1. The van der Waals surface area contributed by atoms with E-state index in [1.54, 1.807) is 0 Å². The SMILES string of the molecule is C/C=C1\[C@@H](OCc2ccccc2)CC(=O)N1Cc1ccccc1. The molecule has 0 spiro atoms. The van der Waals surface area contributed by atoms with Crippen LogP contribution in [0.5, 0.6) is 0 Å². The second-order valence-electron chi connectivity index (χ2n) is 5.67. The van der Waals surface area contributed by atoms with E-state index < -0.39 is 0 Å². The molecular formula is C20H21NO2. The van der Waals surface area contributed by atoms with Crippen LogP contribution in [0.4, 0.5) is 0 Å². The van der Waals surface area contributed by atoms with E-state index in [4.69, 9.17) is 4.74 Å². The quantitative estimate of drug-likeness (QED) is 0.838. The first-order valence-corrected chi connectivity index (χ1v) is 7.94. The molecule has 1 aliphatic rings. The molecule has 0 aromatic heterocycles. The number of carbonyl (C=O) groups is 1. The summed E-state index contributed by atoms with van der Waals surface area (Å²) >= 11 is 0. The van der Waals surface area contributed by atoms with Gasteiger partial charge in [-0.05, 0) is 18.1 Å². The Hall–Kier alpha value is -2.39. The second-order valence-corrected chi connectivity index (χ2v) is 5.67. The van der Waals surface area contributed by atoms with Crippen molar-refractivity contribution in [2.24, 2.45) is 0 Å². The number of likely N-dealkylation sites (tertiary alicyclic amines) is 1. The van der Waals surface area contributed by atoms with Gasteiger partial charge in [-0.25, -0.2) is 0 Å². The summed E-state index contributed by atoms with van der Waals surface area (Å²) in [4.78, 5) is 14.2. The number of ether oxygens (including phenoxy) is 1. The molecule has 1 atom stereocenters. The molecule has 1 fully saturated rings. The average Bonchev–Trinajstić information content (AvgIpc) is 2.90.